The minimum absolute atomic E-state index is 0.918. The zero-order valence-electron chi connectivity index (χ0n) is 28.4. The van der Waals surface area contributed by atoms with Crippen molar-refractivity contribution in [1.29, 1.82) is 0 Å². The predicted molar refractivity (Wildman–Crippen MR) is 207 cm³/mol. The van der Waals surface area contributed by atoms with Gasteiger partial charge in [-0.15, -0.1) is 0 Å². The van der Waals surface area contributed by atoms with E-state index in [0.29, 0.717) is 0 Å². The number of anilines is 1. The zero-order valence-corrected chi connectivity index (χ0v) is 28.4. The summed E-state index contributed by atoms with van der Waals surface area (Å²) < 4.78 is 0. The van der Waals surface area contributed by atoms with Crippen molar-refractivity contribution >= 4 is 32.8 Å². The molecular weight excluding hydrogens is 595 g/mol. The van der Waals surface area contributed by atoms with Gasteiger partial charge < -0.3 is 4.90 Å². The first kappa shape index (κ1) is 31.3. The fraction of sp³-hybridized carbons (Fsp3) is 0.239. The van der Waals surface area contributed by atoms with Crippen LogP contribution in [0.1, 0.15) is 47.2 Å². The molecule has 6 aromatic rings. The summed E-state index contributed by atoms with van der Waals surface area (Å²) in [4.78, 5) is 9.50. The van der Waals surface area contributed by atoms with Crippen molar-refractivity contribution < 1.29 is 0 Å². The maximum absolute atomic E-state index is 4.27. The molecule has 1 saturated heterocycles. The first-order chi connectivity index (χ1) is 24.3. The van der Waals surface area contributed by atoms with Gasteiger partial charge in [0.25, 0.3) is 0 Å². The molecule has 2 aliphatic carbocycles. The lowest BCUT2D eigenvalue weighted by Gasteiger charge is -2.36. The average Bonchev–Trinajstić information content (AvgIpc) is 3.18. The Morgan fingerprint density at radius 2 is 1.41 bits per heavy atom. The molecule has 0 spiro atoms. The van der Waals surface area contributed by atoms with Gasteiger partial charge in [-0.3, -0.25) is 9.88 Å². The normalized spacial score (nSPS) is 15.9. The molecule has 1 aliphatic heterocycles. The summed E-state index contributed by atoms with van der Waals surface area (Å²) >= 11 is 0. The van der Waals surface area contributed by atoms with Gasteiger partial charge in [-0.05, 0) is 94.3 Å². The number of hydrogen-bond donors (Lipinski definition) is 0. The predicted octanol–water partition coefficient (Wildman–Crippen LogP) is 10.1. The van der Waals surface area contributed by atoms with Crippen LogP contribution in [0.15, 0.2) is 145 Å². The van der Waals surface area contributed by atoms with Crippen LogP contribution in [-0.4, -0.2) is 42.6 Å². The Hall–Kier alpha value is -4.99. The monoisotopic (exact) mass is 639 g/mol. The third-order valence-electron chi connectivity index (χ3n) is 10.6. The standard InChI is InChI=1S/C34H34N2.C12H11N/c1-3-9-29-27(7-1)14-17-32-31(29)16-15-28-13-12-25(24-33(28)32)18-19-35-20-22-36(23-21-35)34-11-5-8-26-6-2-4-10-30(26)34;1-2-6-11(7-3-1)10-12-8-4-5-9-13-12/h2-6,8-13,15-16,24H,1,7,14,17-23H2;1-9H,10H2. The summed E-state index contributed by atoms with van der Waals surface area (Å²) in [7, 11) is 0. The van der Waals surface area contributed by atoms with Gasteiger partial charge in [-0.2, -0.15) is 0 Å². The number of benzene rings is 5. The molecule has 3 heteroatoms. The highest BCUT2D eigenvalue weighted by atomic mass is 15.3. The van der Waals surface area contributed by atoms with Gasteiger partial charge >= 0.3 is 0 Å². The highest BCUT2D eigenvalue weighted by molar-refractivity contribution is 5.95. The molecule has 1 aromatic heterocycles. The Balaban J connectivity index is 0.000000225. The van der Waals surface area contributed by atoms with E-state index in [1.165, 1.54) is 75.2 Å². The van der Waals surface area contributed by atoms with E-state index in [-0.39, 0.29) is 0 Å². The van der Waals surface area contributed by atoms with Crippen molar-refractivity contribution in [2.45, 2.75) is 38.5 Å². The van der Waals surface area contributed by atoms with Gasteiger partial charge in [-0.25, -0.2) is 0 Å². The van der Waals surface area contributed by atoms with Crippen molar-refractivity contribution in [3.63, 3.8) is 0 Å². The third-order valence-corrected chi connectivity index (χ3v) is 10.6. The van der Waals surface area contributed by atoms with Crippen LogP contribution in [0.4, 0.5) is 5.69 Å². The highest BCUT2D eigenvalue weighted by Crippen LogP contribution is 2.40. The quantitative estimate of drug-likeness (QED) is 0.181. The van der Waals surface area contributed by atoms with E-state index in [0.717, 1.165) is 51.3 Å². The number of pyridine rings is 1. The maximum atomic E-state index is 4.27. The van der Waals surface area contributed by atoms with Crippen molar-refractivity contribution in [3.05, 3.63) is 173 Å². The molecule has 3 nitrogen and oxygen atoms in total. The summed E-state index contributed by atoms with van der Waals surface area (Å²) in [6.45, 7) is 5.61. The van der Waals surface area contributed by atoms with Gasteiger partial charge in [0.2, 0.25) is 0 Å². The maximum Gasteiger partial charge on any atom is 0.0447 e. The van der Waals surface area contributed by atoms with Crippen molar-refractivity contribution in [3.8, 4) is 0 Å². The molecule has 0 unspecified atom stereocenters. The molecule has 2 heterocycles. The molecule has 0 atom stereocenters. The number of allylic oxidation sites excluding steroid dienone is 4. The molecule has 9 rings (SSSR count). The number of aromatic nitrogens is 1. The summed E-state index contributed by atoms with van der Waals surface area (Å²) in [6, 6.07) is 43.8. The number of aryl methyl sites for hydroxylation is 1. The SMILES string of the molecule is C1=CC2=C(CC1)CCc1c2ccc2ccc(CCN3CCN(c4cccc5ccccc45)CC3)cc12.c1ccc(Cc2ccccn2)cc1. The lowest BCUT2D eigenvalue weighted by atomic mass is 9.79. The van der Waals surface area contributed by atoms with E-state index in [2.05, 4.69) is 124 Å². The smallest absolute Gasteiger partial charge is 0.0447 e. The molecular formula is C46H45N3. The summed E-state index contributed by atoms with van der Waals surface area (Å²) in [5, 5.41) is 5.59. The van der Waals surface area contributed by atoms with Gasteiger partial charge in [0.05, 0.1) is 0 Å². The van der Waals surface area contributed by atoms with E-state index >= 15 is 0 Å². The van der Waals surface area contributed by atoms with Crippen molar-refractivity contribution in [2.75, 3.05) is 37.6 Å². The van der Waals surface area contributed by atoms with Gasteiger partial charge in [0.1, 0.15) is 0 Å². The van der Waals surface area contributed by atoms with Crippen LogP contribution in [0.5, 0.6) is 0 Å². The number of rotatable bonds is 6. The van der Waals surface area contributed by atoms with Gasteiger partial charge in [-0.1, -0.05) is 121 Å². The molecule has 0 radical (unpaired) electrons. The Labute approximate surface area is 291 Å². The molecule has 0 N–H and O–H groups in total. The minimum Gasteiger partial charge on any atom is -0.368 e. The van der Waals surface area contributed by atoms with Gasteiger partial charge in [0, 0.05) is 62.1 Å². The Bertz CT molecular complexity index is 2060. The number of fused-ring (bicyclic) bond motifs is 5. The summed E-state index contributed by atoms with van der Waals surface area (Å²) in [5.41, 5.74) is 11.5. The Kier molecular flexibility index (Phi) is 9.35. The largest absolute Gasteiger partial charge is 0.368 e. The lowest BCUT2D eigenvalue weighted by molar-refractivity contribution is 0.261. The first-order valence-corrected chi connectivity index (χ1v) is 18.1. The van der Waals surface area contributed by atoms with E-state index in [9.17, 15) is 0 Å². The molecule has 5 aromatic carbocycles. The summed E-state index contributed by atoms with van der Waals surface area (Å²) in [6.07, 6.45) is 13.5. The topological polar surface area (TPSA) is 19.4 Å². The van der Waals surface area contributed by atoms with E-state index < -0.39 is 0 Å². The van der Waals surface area contributed by atoms with Crippen molar-refractivity contribution in [1.82, 2.24) is 9.88 Å². The fourth-order valence-electron chi connectivity index (χ4n) is 7.92. The van der Waals surface area contributed by atoms with E-state index in [1.54, 1.807) is 11.1 Å². The van der Waals surface area contributed by atoms with E-state index in [4.69, 9.17) is 0 Å². The number of nitrogens with zero attached hydrogens (tertiary/aromatic N) is 3. The summed E-state index contributed by atoms with van der Waals surface area (Å²) in [5.74, 6) is 0. The Morgan fingerprint density at radius 1 is 0.612 bits per heavy atom. The first-order valence-electron chi connectivity index (χ1n) is 18.1. The average molecular weight is 640 g/mol. The van der Waals surface area contributed by atoms with E-state index in [1.807, 2.05) is 30.5 Å². The molecule has 49 heavy (non-hydrogen) atoms. The molecule has 0 saturated carbocycles. The van der Waals surface area contributed by atoms with Crippen LogP contribution >= 0.6 is 0 Å². The molecule has 0 amide bonds. The van der Waals surface area contributed by atoms with Crippen LogP contribution in [0.2, 0.25) is 0 Å². The molecule has 1 fully saturated rings. The third kappa shape index (κ3) is 7.09. The molecule has 0 bridgehead atoms. The van der Waals surface area contributed by atoms with Crippen LogP contribution in [0, 0.1) is 0 Å². The van der Waals surface area contributed by atoms with Gasteiger partial charge in [0.15, 0.2) is 0 Å². The second-order valence-electron chi connectivity index (χ2n) is 13.7. The van der Waals surface area contributed by atoms with Crippen LogP contribution in [0.3, 0.4) is 0 Å². The lowest BCUT2D eigenvalue weighted by Crippen LogP contribution is -2.47. The second kappa shape index (κ2) is 14.6. The fourth-order valence-corrected chi connectivity index (χ4v) is 7.92. The Morgan fingerprint density at radius 3 is 2.29 bits per heavy atom. The highest BCUT2D eigenvalue weighted by Gasteiger charge is 2.21. The molecule has 244 valence electrons. The van der Waals surface area contributed by atoms with Crippen LogP contribution in [0.25, 0.3) is 27.1 Å². The zero-order chi connectivity index (χ0) is 32.8. The second-order valence-corrected chi connectivity index (χ2v) is 13.7. The van der Waals surface area contributed by atoms with Crippen LogP contribution < -0.4 is 4.90 Å². The van der Waals surface area contributed by atoms with Crippen molar-refractivity contribution in [2.24, 2.45) is 0 Å². The minimum atomic E-state index is 0.918. The molecule has 3 aliphatic rings. The number of hydrogen-bond acceptors (Lipinski definition) is 3. The van der Waals surface area contributed by atoms with Crippen LogP contribution in [-0.2, 0) is 19.3 Å². The number of piperazine rings is 1.